The SMILES string of the molecule is Cc1onc(-c2ccccc2)c1-c1nnc(CN2CCN(C(=O)C34CC5CC(CC(C5)C3)C4)CC2)o1. The highest BCUT2D eigenvalue weighted by atomic mass is 16.5. The Kier molecular flexibility index (Phi) is 5.27. The van der Waals surface area contributed by atoms with Crippen LogP contribution in [0.4, 0.5) is 0 Å². The summed E-state index contributed by atoms with van der Waals surface area (Å²) in [6.07, 6.45) is 7.51. The van der Waals surface area contributed by atoms with Crippen molar-refractivity contribution in [2.24, 2.45) is 23.2 Å². The first-order chi connectivity index (χ1) is 17.6. The van der Waals surface area contributed by atoms with Crippen molar-refractivity contribution in [3.8, 4) is 22.7 Å². The van der Waals surface area contributed by atoms with Gasteiger partial charge in [0.25, 0.3) is 5.89 Å². The normalized spacial score (nSPS) is 29.7. The van der Waals surface area contributed by atoms with Crippen molar-refractivity contribution in [3.05, 3.63) is 42.0 Å². The maximum atomic E-state index is 13.7. The van der Waals surface area contributed by atoms with Gasteiger partial charge in [-0.05, 0) is 63.2 Å². The lowest BCUT2D eigenvalue weighted by atomic mass is 9.49. The Hall–Kier alpha value is -3.00. The monoisotopic (exact) mass is 487 g/mol. The van der Waals surface area contributed by atoms with Gasteiger partial charge in [-0.1, -0.05) is 35.5 Å². The van der Waals surface area contributed by atoms with E-state index in [0.717, 1.165) is 74.3 Å². The molecule has 3 aromatic rings. The summed E-state index contributed by atoms with van der Waals surface area (Å²) in [6, 6.07) is 9.88. The van der Waals surface area contributed by atoms with Gasteiger partial charge in [-0.3, -0.25) is 9.69 Å². The van der Waals surface area contributed by atoms with Gasteiger partial charge in [0.15, 0.2) is 0 Å². The molecule has 0 unspecified atom stereocenters. The summed E-state index contributed by atoms with van der Waals surface area (Å²) in [5, 5.41) is 12.9. The van der Waals surface area contributed by atoms with Gasteiger partial charge < -0.3 is 13.8 Å². The number of carbonyl (C=O) groups excluding carboxylic acids is 1. The van der Waals surface area contributed by atoms with Crippen molar-refractivity contribution >= 4 is 5.91 Å². The molecule has 4 aliphatic carbocycles. The molecule has 8 rings (SSSR count). The molecule has 1 amide bonds. The maximum absolute atomic E-state index is 13.7. The maximum Gasteiger partial charge on any atom is 0.253 e. The number of carbonyl (C=O) groups is 1. The molecule has 0 atom stereocenters. The molecule has 1 aromatic carbocycles. The highest BCUT2D eigenvalue weighted by Crippen LogP contribution is 2.60. The molecule has 5 fully saturated rings. The minimum Gasteiger partial charge on any atom is -0.419 e. The molecule has 36 heavy (non-hydrogen) atoms. The van der Waals surface area contributed by atoms with E-state index in [9.17, 15) is 4.79 Å². The van der Waals surface area contributed by atoms with Crippen LogP contribution in [0.2, 0.25) is 0 Å². The Morgan fingerprint density at radius 2 is 1.64 bits per heavy atom. The van der Waals surface area contributed by atoms with Crippen molar-refractivity contribution in [1.29, 1.82) is 0 Å². The lowest BCUT2D eigenvalue weighted by Gasteiger charge is -2.57. The predicted octanol–water partition coefficient (Wildman–Crippen LogP) is 4.56. The fourth-order valence-corrected chi connectivity index (χ4v) is 7.84. The van der Waals surface area contributed by atoms with Crippen molar-refractivity contribution in [2.45, 2.75) is 52.0 Å². The van der Waals surface area contributed by atoms with Gasteiger partial charge in [-0.2, -0.15) is 0 Å². The fourth-order valence-electron chi connectivity index (χ4n) is 7.84. The standard InChI is InChI=1S/C28H33N5O3/c1-18-24(25(31-36-18)22-5-3-2-4-6-22)26-30-29-23(35-26)17-32-7-9-33(10-8-32)27(34)28-14-19-11-20(15-28)13-21(12-19)16-28/h2-6,19-21H,7-17H2,1H3. The van der Waals surface area contributed by atoms with Crippen LogP contribution in [0.3, 0.4) is 0 Å². The van der Waals surface area contributed by atoms with E-state index in [1.807, 2.05) is 37.3 Å². The molecular formula is C28H33N5O3. The van der Waals surface area contributed by atoms with E-state index in [4.69, 9.17) is 8.94 Å². The Bertz CT molecular complexity index is 1220. The number of amides is 1. The summed E-state index contributed by atoms with van der Waals surface area (Å²) in [7, 11) is 0. The second-order valence-electron chi connectivity index (χ2n) is 11.6. The van der Waals surface area contributed by atoms with Crippen LogP contribution in [0.5, 0.6) is 0 Å². The third-order valence-corrected chi connectivity index (χ3v) is 9.10. The Labute approximate surface area is 211 Å². The van der Waals surface area contributed by atoms with E-state index < -0.39 is 0 Å². The zero-order chi connectivity index (χ0) is 24.3. The van der Waals surface area contributed by atoms with Gasteiger partial charge in [-0.15, -0.1) is 10.2 Å². The Morgan fingerprint density at radius 3 is 2.31 bits per heavy atom. The number of aryl methyl sites for hydroxylation is 1. The average Bonchev–Trinajstić information content (AvgIpc) is 3.50. The third kappa shape index (κ3) is 3.77. The number of hydrogen-bond donors (Lipinski definition) is 0. The lowest BCUT2D eigenvalue weighted by molar-refractivity contribution is -0.159. The van der Waals surface area contributed by atoms with Gasteiger partial charge in [0.2, 0.25) is 11.8 Å². The van der Waals surface area contributed by atoms with Gasteiger partial charge in [0.05, 0.1) is 12.0 Å². The largest absolute Gasteiger partial charge is 0.419 e. The van der Waals surface area contributed by atoms with Crippen LogP contribution in [-0.2, 0) is 11.3 Å². The molecule has 0 radical (unpaired) electrons. The van der Waals surface area contributed by atoms with Gasteiger partial charge in [0, 0.05) is 31.7 Å². The van der Waals surface area contributed by atoms with Crippen LogP contribution in [-0.4, -0.2) is 57.2 Å². The minimum atomic E-state index is -0.0503. The summed E-state index contributed by atoms with van der Waals surface area (Å²) in [5.41, 5.74) is 2.35. The van der Waals surface area contributed by atoms with E-state index in [2.05, 4.69) is 25.2 Å². The fraction of sp³-hybridized carbons (Fsp3) is 0.571. The quantitative estimate of drug-likeness (QED) is 0.521. The highest BCUT2D eigenvalue weighted by Gasteiger charge is 2.55. The van der Waals surface area contributed by atoms with Crippen molar-refractivity contribution in [3.63, 3.8) is 0 Å². The van der Waals surface area contributed by atoms with Crippen LogP contribution in [0, 0.1) is 30.1 Å². The van der Waals surface area contributed by atoms with Gasteiger partial charge in [0.1, 0.15) is 17.0 Å². The molecule has 188 valence electrons. The molecule has 1 aliphatic heterocycles. The average molecular weight is 488 g/mol. The molecule has 8 heteroatoms. The second-order valence-corrected chi connectivity index (χ2v) is 11.6. The number of rotatable bonds is 5. The molecule has 5 aliphatic rings. The molecule has 3 heterocycles. The van der Waals surface area contributed by atoms with E-state index in [1.165, 1.54) is 19.3 Å². The van der Waals surface area contributed by atoms with Crippen LogP contribution in [0.1, 0.15) is 50.2 Å². The number of aromatic nitrogens is 3. The van der Waals surface area contributed by atoms with Crippen LogP contribution in [0.15, 0.2) is 39.3 Å². The van der Waals surface area contributed by atoms with Crippen LogP contribution < -0.4 is 0 Å². The Morgan fingerprint density at radius 1 is 0.972 bits per heavy atom. The van der Waals surface area contributed by atoms with Gasteiger partial charge in [-0.25, -0.2) is 0 Å². The third-order valence-electron chi connectivity index (χ3n) is 9.10. The topological polar surface area (TPSA) is 88.5 Å². The molecular weight excluding hydrogens is 454 g/mol. The van der Waals surface area contributed by atoms with E-state index >= 15 is 0 Å². The molecule has 1 saturated heterocycles. The van der Waals surface area contributed by atoms with Crippen LogP contribution >= 0.6 is 0 Å². The number of benzene rings is 1. The lowest BCUT2D eigenvalue weighted by Crippen LogP contribution is -2.58. The predicted molar refractivity (Wildman–Crippen MR) is 132 cm³/mol. The van der Waals surface area contributed by atoms with Crippen molar-refractivity contribution < 1.29 is 13.7 Å². The first-order valence-electron chi connectivity index (χ1n) is 13.4. The molecule has 4 bridgehead atoms. The summed E-state index contributed by atoms with van der Waals surface area (Å²) in [4.78, 5) is 18.1. The van der Waals surface area contributed by atoms with Crippen molar-refractivity contribution in [2.75, 3.05) is 26.2 Å². The smallest absolute Gasteiger partial charge is 0.253 e. The van der Waals surface area contributed by atoms with Gasteiger partial charge >= 0.3 is 0 Å². The summed E-state index contributed by atoms with van der Waals surface area (Å²) < 4.78 is 11.5. The van der Waals surface area contributed by atoms with E-state index in [-0.39, 0.29) is 5.41 Å². The zero-order valence-electron chi connectivity index (χ0n) is 20.9. The zero-order valence-corrected chi connectivity index (χ0v) is 20.9. The number of nitrogens with zero attached hydrogens (tertiary/aromatic N) is 5. The molecule has 4 saturated carbocycles. The molecule has 8 nitrogen and oxygen atoms in total. The minimum absolute atomic E-state index is 0.0503. The first-order valence-corrected chi connectivity index (χ1v) is 13.4. The summed E-state index contributed by atoms with van der Waals surface area (Å²) in [6.45, 7) is 5.67. The van der Waals surface area contributed by atoms with E-state index in [1.54, 1.807) is 0 Å². The first kappa shape index (κ1) is 22.2. The second kappa shape index (κ2) is 8.54. The van der Waals surface area contributed by atoms with E-state index in [0.29, 0.717) is 35.7 Å². The Balaban J connectivity index is 1.00. The number of hydrogen-bond acceptors (Lipinski definition) is 7. The summed E-state index contributed by atoms with van der Waals surface area (Å²) >= 11 is 0. The van der Waals surface area contributed by atoms with Crippen molar-refractivity contribution in [1.82, 2.24) is 25.2 Å². The molecule has 2 aromatic heterocycles. The molecule has 0 spiro atoms. The van der Waals surface area contributed by atoms with Crippen LogP contribution in [0.25, 0.3) is 22.7 Å². The summed E-state index contributed by atoms with van der Waals surface area (Å²) in [5.74, 6) is 4.49. The highest BCUT2D eigenvalue weighted by molar-refractivity contribution is 5.83. The number of piperazine rings is 1. The molecule has 0 N–H and O–H groups in total.